The van der Waals surface area contributed by atoms with E-state index < -0.39 is 59.8 Å². The molecule has 10 nitrogen and oxygen atoms in total. The molecule has 2 rings (SSSR count). The zero-order valence-corrected chi connectivity index (χ0v) is 29.4. The molecule has 260 valence electrons. The summed E-state index contributed by atoms with van der Waals surface area (Å²) in [5.74, 6) is -1.83. The Morgan fingerprint density at radius 3 is 2.02 bits per heavy atom. The van der Waals surface area contributed by atoms with Crippen molar-refractivity contribution >= 4 is 23.9 Å². The van der Waals surface area contributed by atoms with E-state index in [0.29, 0.717) is 12.0 Å². The van der Waals surface area contributed by atoms with Crippen LogP contribution in [-0.2, 0) is 30.3 Å². The summed E-state index contributed by atoms with van der Waals surface area (Å²) in [6.45, 7) is 13.8. The van der Waals surface area contributed by atoms with Crippen LogP contribution in [0.25, 0.3) is 0 Å². The Hall–Kier alpha value is -3.92. The Labute approximate surface area is 280 Å². The number of nitrogens with zero attached hydrogens (tertiary/aromatic N) is 1. The van der Waals surface area contributed by atoms with Crippen LogP contribution >= 0.6 is 0 Å². The normalized spacial score (nSPS) is 13.6. The Kier molecular flexibility index (Phi) is 15.4. The SMILES string of the molecule is CCCCCCCN(C(=O)C(CO)NC(=O)OC(C)(C)C)C(C(=O)NC(Cc1ccccc1)C(=O)OC(C)(C)C)c1cccc(C)c1. The third kappa shape index (κ3) is 14.2. The van der Waals surface area contributed by atoms with Crippen molar-refractivity contribution in [3.8, 4) is 0 Å². The number of aliphatic hydroxyl groups excluding tert-OH is 1. The Morgan fingerprint density at radius 2 is 1.45 bits per heavy atom. The van der Waals surface area contributed by atoms with Crippen LogP contribution in [0.15, 0.2) is 54.6 Å². The van der Waals surface area contributed by atoms with Gasteiger partial charge in [0.1, 0.15) is 29.3 Å². The zero-order valence-electron chi connectivity index (χ0n) is 29.4. The summed E-state index contributed by atoms with van der Waals surface area (Å²) in [4.78, 5) is 56.2. The van der Waals surface area contributed by atoms with Crippen LogP contribution in [0.2, 0.25) is 0 Å². The van der Waals surface area contributed by atoms with Gasteiger partial charge in [0.15, 0.2) is 0 Å². The summed E-state index contributed by atoms with van der Waals surface area (Å²) >= 11 is 0. The first kappa shape index (κ1) is 39.3. The second-order valence-corrected chi connectivity index (χ2v) is 13.9. The largest absolute Gasteiger partial charge is 0.458 e. The van der Waals surface area contributed by atoms with Crippen LogP contribution in [0, 0.1) is 6.92 Å². The molecule has 2 aromatic carbocycles. The summed E-state index contributed by atoms with van der Waals surface area (Å²) in [6.07, 6.45) is 3.74. The lowest BCUT2D eigenvalue weighted by molar-refractivity contribution is -0.159. The third-order valence-electron chi connectivity index (χ3n) is 7.17. The van der Waals surface area contributed by atoms with Gasteiger partial charge in [0.05, 0.1) is 6.61 Å². The topological polar surface area (TPSA) is 134 Å². The lowest BCUT2D eigenvalue weighted by Gasteiger charge is -2.35. The number of alkyl carbamates (subject to hydrolysis) is 1. The molecular formula is C37H55N3O7. The van der Waals surface area contributed by atoms with Crippen LogP contribution in [0.5, 0.6) is 0 Å². The Balaban J connectivity index is 2.57. The van der Waals surface area contributed by atoms with Gasteiger partial charge in [-0.1, -0.05) is 92.8 Å². The number of hydrogen-bond donors (Lipinski definition) is 3. The van der Waals surface area contributed by atoms with Gasteiger partial charge in [-0.2, -0.15) is 0 Å². The van der Waals surface area contributed by atoms with Gasteiger partial charge in [0, 0.05) is 13.0 Å². The number of amides is 3. The molecule has 3 N–H and O–H groups in total. The number of carbonyl (C=O) groups excluding carboxylic acids is 4. The minimum atomic E-state index is -1.37. The van der Waals surface area contributed by atoms with Gasteiger partial charge in [0.25, 0.3) is 0 Å². The maximum absolute atomic E-state index is 14.4. The van der Waals surface area contributed by atoms with Gasteiger partial charge in [0.2, 0.25) is 11.8 Å². The summed E-state index contributed by atoms with van der Waals surface area (Å²) in [5, 5.41) is 15.7. The van der Waals surface area contributed by atoms with Gasteiger partial charge in [-0.25, -0.2) is 9.59 Å². The molecule has 0 aromatic heterocycles. The van der Waals surface area contributed by atoms with Gasteiger partial charge < -0.3 is 30.1 Å². The van der Waals surface area contributed by atoms with Crippen molar-refractivity contribution in [1.82, 2.24) is 15.5 Å². The number of nitrogens with one attached hydrogen (secondary N) is 2. The highest BCUT2D eigenvalue weighted by atomic mass is 16.6. The minimum Gasteiger partial charge on any atom is -0.458 e. The fraction of sp³-hybridized carbons (Fsp3) is 0.568. The van der Waals surface area contributed by atoms with E-state index in [1.54, 1.807) is 53.7 Å². The quantitative estimate of drug-likeness (QED) is 0.154. The molecular weight excluding hydrogens is 598 g/mol. The van der Waals surface area contributed by atoms with Crippen molar-refractivity contribution in [1.29, 1.82) is 0 Å². The summed E-state index contributed by atoms with van der Waals surface area (Å²) in [6, 6.07) is 13.0. The fourth-order valence-corrected chi connectivity index (χ4v) is 5.07. The monoisotopic (exact) mass is 653 g/mol. The number of aliphatic hydroxyl groups is 1. The van der Waals surface area contributed by atoms with E-state index in [0.717, 1.165) is 36.8 Å². The maximum atomic E-state index is 14.4. The van der Waals surface area contributed by atoms with Crippen molar-refractivity contribution in [2.75, 3.05) is 13.2 Å². The Bertz CT molecular complexity index is 1300. The standard InChI is InChI=1S/C37H55N3O7/c1-9-10-11-12-16-22-40(33(43)30(25-41)39-35(45)47-37(6,7)8)31(28-21-17-18-26(2)23-28)32(42)38-29(34(44)46-36(3,4)5)24-27-19-14-13-15-20-27/h13-15,17-21,23,29-31,41H,9-12,16,22,24-25H2,1-8H3,(H,38,42)(H,39,45). The van der Waals surface area contributed by atoms with Crippen LogP contribution in [0.4, 0.5) is 4.79 Å². The molecule has 0 radical (unpaired) electrons. The first-order chi connectivity index (χ1) is 22.0. The molecule has 2 aromatic rings. The number of hydrogen-bond acceptors (Lipinski definition) is 7. The summed E-state index contributed by atoms with van der Waals surface area (Å²) in [7, 11) is 0. The molecule has 0 aliphatic heterocycles. The van der Waals surface area contributed by atoms with Crippen LogP contribution < -0.4 is 10.6 Å². The molecule has 47 heavy (non-hydrogen) atoms. The summed E-state index contributed by atoms with van der Waals surface area (Å²) in [5.41, 5.74) is 0.595. The first-order valence-corrected chi connectivity index (χ1v) is 16.6. The van der Waals surface area contributed by atoms with Crippen LogP contribution in [0.3, 0.4) is 0 Å². The number of carbonyl (C=O) groups is 4. The molecule has 10 heteroatoms. The fourth-order valence-electron chi connectivity index (χ4n) is 5.07. The predicted octanol–water partition coefficient (Wildman–Crippen LogP) is 5.79. The molecule has 3 amide bonds. The van der Waals surface area contributed by atoms with Crippen molar-refractivity contribution in [3.63, 3.8) is 0 Å². The van der Waals surface area contributed by atoms with Gasteiger partial charge >= 0.3 is 12.1 Å². The second kappa shape index (κ2) is 18.4. The lowest BCUT2D eigenvalue weighted by Crippen LogP contribution is -2.56. The van der Waals surface area contributed by atoms with E-state index in [4.69, 9.17) is 9.47 Å². The smallest absolute Gasteiger partial charge is 0.408 e. The van der Waals surface area contributed by atoms with E-state index in [-0.39, 0.29) is 13.0 Å². The second-order valence-electron chi connectivity index (χ2n) is 13.9. The van der Waals surface area contributed by atoms with Crippen molar-refractivity contribution in [2.45, 2.75) is 123 Å². The van der Waals surface area contributed by atoms with Gasteiger partial charge in [-0.15, -0.1) is 0 Å². The number of unbranched alkanes of at least 4 members (excludes halogenated alkanes) is 4. The van der Waals surface area contributed by atoms with E-state index in [2.05, 4.69) is 17.6 Å². The summed E-state index contributed by atoms with van der Waals surface area (Å²) < 4.78 is 11.0. The van der Waals surface area contributed by atoms with Crippen molar-refractivity contribution in [3.05, 3.63) is 71.3 Å². The van der Waals surface area contributed by atoms with Crippen LogP contribution in [0.1, 0.15) is 103 Å². The highest BCUT2D eigenvalue weighted by Crippen LogP contribution is 2.25. The number of rotatable bonds is 16. The van der Waals surface area contributed by atoms with E-state index in [9.17, 15) is 24.3 Å². The van der Waals surface area contributed by atoms with Gasteiger partial charge in [-0.3, -0.25) is 9.59 Å². The highest BCUT2D eigenvalue weighted by Gasteiger charge is 2.38. The average molecular weight is 654 g/mol. The van der Waals surface area contributed by atoms with Crippen LogP contribution in [-0.4, -0.2) is 70.3 Å². The number of aryl methyl sites for hydroxylation is 1. The molecule has 0 saturated heterocycles. The molecule has 0 fully saturated rings. The van der Waals surface area contributed by atoms with Gasteiger partial charge in [-0.05, 0) is 66.0 Å². The maximum Gasteiger partial charge on any atom is 0.408 e. The predicted molar refractivity (Wildman–Crippen MR) is 183 cm³/mol. The van der Waals surface area contributed by atoms with E-state index >= 15 is 0 Å². The number of benzene rings is 2. The highest BCUT2D eigenvalue weighted by molar-refractivity contribution is 5.94. The average Bonchev–Trinajstić information content (AvgIpc) is 2.97. The van der Waals surface area contributed by atoms with Crippen molar-refractivity contribution in [2.24, 2.45) is 0 Å². The number of ether oxygens (including phenoxy) is 2. The number of esters is 1. The van der Waals surface area contributed by atoms with Crippen molar-refractivity contribution < 1.29 is 33.8 Å². The molecule has 0 saturated carbocycles. The molecule has 0 bridgehead atoms. The first-order valence-electron chi connectivity index (χ1n) is 16.6. The minimum absolute atomic E-state index is 0.173. The molecule has 3 unspecified atom stereocenters. The molecule has 0 aliphatic rings. The molecule has 0 aliphatic carbocycles. The van der Waals surface area contributed by atoms with E-state index in [1.807, 2.05) is 49.4 Å². The zero-order chi connectivity index (χ0) is 35.2. The molecule has 3 atom stereocenters. The Morgan fingerprint density at radius 1 is 0.809 bits per heavy atom. The van der Waals surface area contributed by atoms with E-state index in [1.165, 1.54) is 4.90 Å². The third-order valence-corrected chi connectivity index (χ3v) is 7.17. The lowest BCUT2D eigenvalue weighted by atomic mass is 9.99. The molecule has 0 spiro atoms. The molecule has 0 heterocycles.